The highest BCUT2D eigenvalue weighted by Gasteiger charge is 2.04. The van der Waals surface area contributed by atoms with Crippen molar-refractivity contribution in [2.24, 2.45) is 4.99 Å². The van der Waals surface area contributed by atoms with Crippen molar-refractivity contribution in [3.8, 4) is 5.75 Å². The molecule has 0 amide bonds. The number of fused-ring (bicyclic) bond motifs is 1. The van der Waals surface area contributed by atoms with E-state index in [-0.39, 0.29) is 11.4 Å². The fourth-order valence-electron chi connectivity index (χ4n) is 1.90. The Morgan fingerprint density at radius 3 is 2.76 bits per heavy atom. The lowest BCUT2D eigenvalue weighted by Gasteiger charge is -1.99. The molecule has 0 bridgehead atoms. The van der Waals surface area contributed by atoms with E-state index in [1.165, 1.54) is 18.3 Å². The minimum Gasteiger partial charge on any atom is -0.508 e. The zero-order valence-electron chi connectivity index (χ0n) is 10.8. The predicted molar refractivity (Wildman–Crippen MR) is 82.9 cm³/mol. The molecule has 0 fully saturated rings. The number of hydrogen-bond acceptors (Lipinski definition) is 4. The lowest BCUT2D eigenvalue weighted by atomic mass is 10.2. The monoisotopic (exact) mass is 299 g/mol. The van der Waals surface area contributed by atoms with Crippen LogP contribution in [0.3, 0.4) is 0 Å². The van der Waals surface area contributed by atoms with Crippen molar-refractivity contribution in [2.45, 2.75) is 0 Å². The van der Waals surface area contributed by atoms with E-state index in [2.05, 4.69) is 4.99 Å². The first-order chi connectivity index (χ1) is 10.1. The summed E-state index contributed by atoms with van der Waals surface area (Å²) in [5.41, 5.74) is 0.795. The summed E-state index contributed by atoms with van der Waals surface area (Å²) in [6, 6.07) is 13.4. The molecule has 1 N–H and O–H groups in total. The van der Waals surface area contributed by atoms with E-state index in [0.717, 1.165) is 5.39 Å². The van der Waals surface area contributed by atoms with Gasteiger partial charge in [0.2, 0.25) is 0 Å². The number of para-hydroxylation sites is 1. The first-order valence-corrected chi connectivity index (χ1v) is 6.57. The summed E-state index contributed by atoms with van der Waals surface area (Å²) in [6.07, 6.45) is 1.46. The minimum atomic E-state index is -0.514. The van der Waals surface area contributed by atoms with Crippen molar-refractivity contribution in [3.05, 3.63) is 69.5 Å². The summed E-state index contributed by atoms with van der Waals surface area (Å²) < 4.78 is 5.19. The number of halogens is 1. The second-order valence-corrected chi connectivity index (χ2v) is 4.83. The molecule has 0 spiro atoms. The number of rotatable bonds is 2. The zero-order valence-corrected chi connectivity index (χ0v) is 11.5. The van der Waals surface area contributed by atoms with Gasteiger partial charge in [0.25, 0.3) is 0 Å². The topological polar surface area (TPSA) is 62.8 Å². The third-order valence-corrected chi connectivity index (χ3v) is 3.28. The average Bonchev–Trinajstić information content (AvgIpc) is 2.46. The van der Waals surface area contributed by atoms with Crippen LogP contribution in [0.15, 0.2) is 62.7 Å². The molecular formula is C16H10ClNO3. The Bertz CT molecular complexity index is 899. The van der Waals surface area contributed by atoms with Gasteiger partial charge < -0.3 is 9.52 Å². The molecule has 0 aliphatic carbocycles. The van der Waals surface area contributed by atoms with Crippen molar-refractivity contribution >= 4 is 34.5 Å². The molecule has 2 aromatic carbocycles. The minimum absolute atomic E-state index is 0.0716. The van der Waals surface area contributed by atoms with Crippen LogP contribution in [0, 0.1) is 0 Å². The van der Waals surface area contributed by atoms with Crippen molar-refractivity contribution in [2.75, 3.05) is 0 Å². The van der Waals surface area contributed by atoms with Gasteiger partial charge in [-0.2, -0.15) is 0 Å². The van der Waals surface area contributed by atoms with Gasteiger partial charge in [0, 0.05) is 17.2 Å². The number of hydrogen-bond donors (Lipinski definition) is 1. The van der Waals surface area contributed by atoms with Gasteiger partial charge in [0.1, 0.15) is 17.0 Å². The van der Waals surface area contributed by atoms with Crippen LogP contribution in [0.5, 0.6) is 5.75 Å². The molecule has 3 aromatic rings. The van der Waals surface area contributed by atoms with Crippen LogP contribution in [0.1, 0.15) is 5.56 Å². The number of benzene rings is 2. The maximum atomic E-state index is 11.8. The van der Waals surface area contributed by atoms with Crippen molar-refractivity contribution in [1.82, 2.24) is 0 Å². The Labute approximate surface area is 124 Å². The third kappa shape index (κ3) is 2.80. The Morgan fingerprint density at radius 2 is 1.95 bits per heavy atom. The fraction of sp³-hybridized carbons (Fsp3) is 0. The Kier molecular flexibility index (Phi) is 3.46. The number of aliphatic imine (C=N–C) groups is 1. The maximum absolute atomic E-state index is 11.8. The molecule has 4 nitrogen and oxygen atoms in total. The molecule has 1 aromatic heterocycles. The lowest BCUT2D eigenvalue weighted by molar-refractivity contribution is 0.475. The van der Waals surface area contributed by atoms with Gasteiger partial charge in [-0.25, -0.2) is 9.79 Å². The average molecular weight is 300 g/mol. The summed E-state index contributed by atoms with van der Waals surface area (Å²) in [5, 5.41) is 10.4. The van der Waals surface area contributed by atoms with E-state index < -0.39 is 5.63 Å². The number of nitrogens with zero attached hydrogens (tertiary/aromatic N) is 1. The highest BCUT2D eigenvalue weighted by molar-refractivity contribution is 6.33. The van der Waals surface area contributed by atoms with E-state index >= 15 is 0 Å². The molecular weight excluding hydrogens is 290 g/mol. The molecule has 3 rings (SSSR count). The van der Waals surface area contributed by atoms with Gasteiger partial charge in [0.15, 0.2) is 0 Å². The molecule has 0 saturated carbocycles. The largest absolute Gasteiger partial charge is 0.508 e. The van der Waals surface area contributed by atoms with Crippen LogP contribution in [-0.2, 0) is 0 Å². The second kappa shape index (κ2) is 5.42. The number of aromatic hydroxyl groups is 1. The van der Waals surface area contributed by atoms with Gasteiger partial charge in [-0.3, -0.25) is 0 Å². The first-order valence-electron chi connectivity index (χ1n) is 6.19. The smallest absolute Gasteiger partial charge is 0.362 e. The molecule has 0 aliphatic rings. The second-order valence-electron chi connectivity index (χ2n) is 4.42. The molecule has 0 saturated heterocycles. The van der Waals surface area contributed by atoms with Crippen molar-refractivity contribution < 1.29 is 9.52 Å². The molecule has 0 atom stereocenters. The Balaban J connectivity index is 2.03. The lowest BCUT2D eigenvalue weighted by Crippen LogP contribution is -1.98. The summed E-state index contributed by atoms with van der Waals surface area (Å²) in [7, 11) is 0. The predicted octanol–water partition coefficient (Wildman–Crippen LogP) is 3.90. The van der Waals surface area contributed by atoms with Crippen molar-refractivity contribution in [1.29, 1.82) is 0 Å². The normalized spacial score (nSPS) is 11.3. The van der Waals surface area contributed by atoms with E-state index in [9.17, 15) is 9.90 Å². The zero-order chi connectivity index (χ0) is 14.8. The van der Waals surface area contributed by atoms with Crippen LogP contribution in [0.2, 0.25) is 5.02 Å². The summed E-state index contributed by atoms with van der Waals surface area (Å²) in [5.74, 6) is 0.0716. The SMILES string of the molecule is O=c1oc2ccccc2cc1N=Cc1ccc(O)cc1Cl. The summed E-state index contributed by atoms with van der Waals surface area (Å²) >= 11 is 5.98. The Morgan fingerprint density at radius 1 is 1.14 bits per heavy atom. The highest BCUT2D eigenvalue weighted by atomic mass is 35.5. The molecule has 21 heavy (non-hydrogen) atoms. The first kappa shape index (κ1) is 13.4. The molecule has 0 radical (unpaired) electrons. The van der Waals surface area contributed by atoms with Crippen LogP contribution < -0.4 is 5.63 Å². The third-order valence-electron chi connectivity index (χ3n) is 2.95. The Hall–Kier alpha value is -2.59. The van der Waals surface area contributed by atoms with Crippen LogP contribution in [0.4, 0.5) is 5.69 Å². The van der Waals surface area contributed by atoms with E-state index in [4.69, 9.17) is 16.0 Å². The van der Waals surface area contributed by atoms with E-state index in [1.807, 2.05) is 12.1 Å². The molecule has 104 valence electrons. The van der Waals surface area contributed by atoms with Gasteiger partial charge >= 0.3 is 5.63 Å². The van der Waals surface area contributed by atoms with Gasteiger partial charge in [-0.15, -0.1) is 0 Å². The van der Waals surface area contributed by atoms with Crippen molar-refractivity contribution in [3.63, 3.8) is 0 Å². The van der Waals surface area contributed by atoms with Gasteiger partial charge in [0.05, 0.1) is 5.02 Å². The van der Waals surface area contributed by atoms with Crippen LogP contribution in [-0.4, -0.2) is 11.3 Å². The van der Waals surface area contributed by atoms with Crippen LogP contribution in [0.25, 0.3) is 11.0 Å². The van der Waals surface area contributed by atoms with Gasteiger partial charge in [-0.05, 0) is 30.3 Å². The molecule has 0 unspecified atom stereocenters. The quantitative estimate of drug-likeness (QED) is 0.576. The van der Waals surface area contributed by atoms with E-state index in [0.29, 0.717) is 16.2 Å². The molecule has 1 heterocycles. The standard InChI is InChI=1S/C16H10ClNO3/c17-13-8-12(19)6-5-11(13)9-18-14-7-10-3-1-2-4-15(10)21-16(14)20/h1-9,19H. The summed E-state index contributed by atoms with van der Waals surface area (Å²) in [6.45, 7) is 0. The highest BCUT2D eigenvalue weighted by Crippen LogP contribution is 2.21. The van der Waals surface area contributed by atoms with Gasteiger partial charge in [-0.1, -0.05) is 29.8 Å². The number of phenolic OH excluding ortho intramolecular Hbond substituents is 1. The maximum Gasteiger partial charge on any atom is 0.362 e. The van der Waals surface area contributed by atoms with Crippen LogP contribution >= 0.6 is 11.6 Å². The molecule has 5 heteroatoms. The fourth-order valence-corrected chi connectivity index (χ4v) is 2.12. The molecule has 0 aliphatic heterocycles. The summed E-state index contributed by atoms with van der Waals surface area (Å²) in [4.78, 5) is 16.0. The van der Waals surface area contributed by atoms with E-state index in [1.54, 1.807) is 24.3 Å². The number of phenols is 1.